The molecule has 1 aliphatic rings. The fraction of sp³-hybridized carbons (Fsp3) is 0.226. The Hall–Kier alpha value is -3.62. The van der Waals surface area contributed by atoms with Gasteiger partial charge in [-0.1, -0.05) is 0 Å². The summed E-state index contributed by atoms with van der Waals surface area (Å²) in [4.78, 5) is 40.8. The van der Waals surface area contributed by atoms with E-state index in [1.54, 1.807) is 18.2 Å². The van der Waals surface area contributed by atoms with Crippen LogP contribution in [0.25, 0.3) is 10.9 Å². The van der Waals surface area contributed by atoms with E-state index in [2.05, 4.69) is 15.6 Å². The molecule has 3 N–H and O–H groups in total. The number of halogens is 2. The number of fused-ring (bicyclic) bond motifs is 1. The molecule has 0 atom stereocenters. The fourth-order valence-corrected chi connectivity index (χ4v) is 4.39. The van der Waals surface area contributed by atoms with Crippen molar-refractivity contribution in [3.8, 4) is 23.0 Å². The Balaban J connectivity index is 0.00000442. The van der Waals surface area contributed by atoms with Gasteiger partial charge in [-0.05, 0) is 67.8 Å². The number of benzene rings is 3. The van der Waals surface area contributed by atoms with E-state index in [1.807, 2.05) is 0 Å². The number of nitrogens with one attached hydrogen (secondary N) is 2. The molecule has 10 nitrogen and oxygen atoms in total. The molecule has 0 bridgehead atoms. The topological polar surface area (TPSA) is 136 Å². The molecule has 44 heavy (non-hydrogen) atoms. The summed E-state index contributed by atoms with van der Waals surface area (Å²) in [6, 6.07) is 13.9. The molecule has 1 saturated carbocycles. The number of amides is 2. The van der Waals surface area contributed by atoms with Crippen LogP contribution in [-0.2, 0) is 14.4 Å². The average molecular weight is 632 g/mol. The summed E-state index contributed by atoms with van der Waals surface area (Å²) >= 11 is 0. The maximum atomic E-state index is 15.1. The Bertz CT molecular complexity index is 1700. The van der Waals surface area contributed by atoms with Crippen LogP contribution in [-0.4, -0.2) is 93.0 Å². The van der Waals surface area contributed by atoms with Crippen LogP contribution in [0.4, 0.5) is 20.2 Å². The number of nitrogens with zero attached hydrogens (tertiary/aromatic N) is 1. The van der Waals surface area contributed by atoms with Gasteiger partial charge in [0.25, 0.3) is 0 Å². The SMILES string of the molecule is COc1cc2c(Oc3ccc(NC(=O)C4(C(=O)Nc5ccc(F)cc5)CC4)cc3F)ccnc2cc1OCCCC(=O)O.[KH]. The van der Waals surface area contributed by atoms with Crippen LogP contribution in [0.15, 0.2) is 66.9 Å². The van der Waals surface area contributed by atoms with Crippen LogP contribution in [0.3, 0.4) is 0 Å². The number of ether oxygens (including phenoxy) is 3. The van der Waals surface area contributed by atoms with Crippen LogP contribution in [0.5, 0.6) is 23.0 Å². The van der Waals surface area contributed by atoms with Crippen LogP contribution in [0.1, 0.15) is 25.7 Å². The zero-order valence-electron chi connectivity index (χ0n) is 23.0. The molecule has 1 heterocycles. The number of hydrogen-bond donors (Lipinski definition) is 3. The first kappa shape index (κ1) is 33.3. The Morgan fingerprint density at radius 2 is 1.57 bits per heavy atom. The van der Waals surface area contributed by atoms with E-state index in [0.717, 1.165) is 6.07 Å². The van der Waals surface area contributed by atoms with E-state index in [-0.39, 0.29) is 81.6 Å². The van der Waals surface area contributed by atoms with E-state index < -0.39 is 34.8 Å². The van der Waals surface area contributed by atoms with Crippen molar-refractivity contribution < 1.29 is 42.5 Å². The summed E-state index contributed by atoms with van der Waals surface area (Å²) in [5.74, 6) is -2.33. The summed E-state index contributed by atoms with van der Waals surface area (Å²) in [6.07, 6.45) is 2.41. The monoisotopic (exact) mass is 631 g/mol. The number of hydrogen-bond acceptors (Lipinski definition) is 7. The van der Waals surface area contributed by atoms with Gasteiger partial charge in [0.15, 0.2) is 23.1 Å². The fourth-order valence-electron chi connectivity index (χ4n) is 4.39. The number of carbonyl (C=O) groups excluding carboxylic acids is 2. The Kier molecular flexibility index (Phi) is 10.9. The first-order chi connectivity index (χ1) is 20.7. The van der Waals surface area contributed by atoms with Gasteiger partial charge in [0, 0.05) is 41.5 Å². The van der Waals surface area contributed by atoms with Crippen molar-refractivity contribution in [3.05, 3.63) is 78.5 Å². The number of pyridine rings is 1. The molecular weight excluding hydrogens is 603 g/mol. The van der Waals surface area contributed by atoms with Crippen LogP contribution >= 0.6 is 0 Å². The molecule has 224 valence electrons. The van der Waals surface area contributed by atoms with E-state index >= 15 is 4.39 Å². The van der Waals surface area contributed by atoms with Crippen LogP contribution < -0.4 is 24.8 Å². The molecule has 0 unspecified atom stereocenters. The van der Waals surface area contributed by atoms with Gasteiger partial charge >= 0.3 is 57.4 Å². The molecule has 1 aromatic heterocycles. The molecule has 1 aliphatic carbocycles. The number of methoxy groups -OCH3 is 1. The van der Waals surface area contributed by atoms with Crippen molar-refractivity contribution in [2.24, 2.45) is 5.41 Å². The van der Waals surface area contributed by atoms with Gasteiger partial charge in [0.2, 0.25) is 11.8 Å². The minimum atomic E-state index is -1.30. The molecule has 13 heteroatoms. The van der Waals surface area contributed by atoms with Gasteiger partial charge < -0.3 is 30.0 Å². The van der Waals surface area contributed by atoms with Gasteiger partial charge in [-0.15, -0.1) is 0 Å². The number of carboxylic acid groups (broad SMARTS) is 1. The van der Waals surface area contributed by atoms with Crippen molar-refractivity contribution in [3.63, 3.8) is 0 Å². The summed E-state index contributed by atoms with van der Waals surface area (Å²) in [5.41, 5.74) is -0.321. The number of aliphatic carboxylic acids is 1. The summed E-state index contributed by atoms with van der Waals surface area (Å²) < 4.78 is 45.3. The molecule has 1 fully saturated rings. The summed E-state index contributed by atoms with van der Waals surface area (Å²) in [6.45, 7) is 0.165. The predicted molar refractivity (Wildman–Crippen MR) is 160 cm³/mol. The van der Waals surface area contributed by atoms with Gasteiger partial charge in [0.1, 0.15) is 17.0 Å². The molecule has 0 aliphatic heterocycles. The van der Waals surface area contributed by atoms with Gasteiger partial charge in [-0.2, -0.15) is 0 Å². The number of carbonyl (C=O) groups is 3. The van der Waals surface area contributed by atoms with E-state index in [0.29, 0.717) is 47.4 Å². The molecule has 0 spiro atoms. The average Bonchev–Trinajstić information content (AvgIpc) is 3.80. The van der Waals surface area contributed by atoms with Crippen molar-refractivity contribution in [1.29, 1.82) is 0 Å². The third-order valence-corrected chi connectivity index (χ3v) is 6.91. The van der Waals surface area contributed by atoms with Crippen molar-refractivity contribution in [2.75, 3.05) is 24.4 Å². The number of carboxylic acids is 1. The summed E-state index contributed by atoms with van der Waals surface area (Å²) in [5, 5.41) is 14.5. The van der Waals surface area contributed by atoms with E-state index in [1.165, 1.54) is 49.7 Å². The van der Waals surface area contributed by atoms with Gasteiger partial charge in [-0.25, -0.2) is 8.78 Å². The van der Waals surface area contributed by atoms with E-state index in [4.69, 9.17) is 19.3 Å². The number of rotatable bonds is 12. The zero-order valence-corrected chi connectivity index (χ0v) is 23.0. The Morgan fingerprint density at radius 3 is 2.20 bits per heavy atom. The standard InChI is InChI=1S/C31H27F2N3O7.K.H/c1-41-26-16-21-23(17-27(26)42-14-2-3-28(37)38)34-13-10-24(21)43-25-9-8-20(15-22(25)33)36-30(40)31(11-12-31)29(39)35-19-6-4-18(32)5-7-19;;/h4-10,13,15-17H,2-3,11-12,14H2,1H3,(H,35,39)(H,36,40)(H,37,38);;. The predicted octanol–water partition coefficient (Wildman–Crippen LogP) is 5.27. The van der Waals surface area contributed by atoms with Crippen molar-refractivity contribution in [2.45, 2.75) is 25.7 Å². The minimum absolute atomic E-state index is 0. The third-order valence-electron chi connectivity index (χ3n) is 6.91. The molecule has 0 saturated heterocycles. The van der Waals surface area contributed by atoms with Crippen molar-refractivity contribution in [1.82, 2.24) is 4.98 Å². The van der Waals surface area contributed by atoms with Crippen LogP contribution in [0.2, 0.25) is 0 Å². The Labute approximate surface area is 293 Å². The Morgan fingerprint density at radius 1 is 0.886 bits per heavy atom. The van der Waals surface area contributed by atoms with Gasteiger partial charge in [-0.3, -0.25) is 19.4 Å². The second kappa shape index (κ2) is 14.4. The molecule has 2 amide bonds. The number of anilines is 2. The van der Waals surface area contributed by atoms with Crippen molar-refractivity contribution >= 4 is 91.4 Å². The summed E-state index contributed by atoms with van der Waals surface area (Å²) in [7, 11) is 1.45. The quantitative estimate of drug-likeness (QED) is 0.109. The molecular formula is C31H28F2KN3O7. The maximum absolute atomic E-state index is 15.1. The first-order valence-electron chi connectivity index (χ1n) is 13.4. The van der Waals surface area contributed by atoms with E-state index in [9.17, 15) is 18.8 Å². The first-order valence-corrected chi connectivity index (χ1v) is 13.4. The molecule has 4 aromatic rings. The molecule has 3 aromatic carbocycles. The third kappa shape index (κ3) is 7.71. The normalized spacial score (nSPS) is 12.9. The number of aromatic nitrogens is 1. The second-order valence-electron chi connectivity index (χ2n) is 9.92. The molecule has 0 radical (unpaired) electrons. The second-order valence-corrected chi connectivity index (χ2v) is 9.92. The molecule has 5 rings (SSSR count). The van der Waals surface area contributed by atoms with Crippen LogP contribution in [0, 0.1) is 17.0 Å². The van der Waals surface area contributed by atoms with Gasteiger partial charge in [0.05, 0.1) is 19.2 Å². The zero-order chi connectivity index (χ0) is 30.6.